The minimum Gasteiger partial charge on any atom is -0.488 e. The van der Waals surface area contributed by atoms with Gasteiger partial charge in [-0.3, -0.25) is 9.59 Å². The van der Waals surface area contributed by atoms with E-state index in [1.54, 1.807) is 47.6 Å². The molecule has 0 aliphatic rings. The van der Waals surface area contributed by atoms with Crippen molar-refractivity contribution >= 4 is 32.0 Å². The van der Waals surface area contributed by atoms with Crippen LogP contribution in [0.4, 0.5) is 0 Å². The van der Waals surface area contributed by atoms with Gasteiger partial charge in [0.25, 0.3) is 0 Å². The molecule has 2 aromatic rings. The molecule has 41 heavy (non-hydrogen) atoms. The summed E-state index contributed by atoms with van der Waals surface area (Å²) in [5, 5.41) is 2.60. The van der Waals surface area contributed by atoms with Crippen molar-refractivity contribution in [3.63, 3.8) is 0 Å². The van der Waals surface area contributed by atoms with Crippen LogP contribution in [-0.2, 0) is 30.5 Å². The Hall–Kier alpha value is -3.83. The summed E-state index contributed by atoms with van der Waals surface area (Å²) in [5.41, 5.74) is 4.23. The maximum absolute atomic E-state index is 13.0. The topological polar surface area (TPSA) is 90.9 Å². The van der Waals surface area contributed by atoms with Crippen LogP contribution in [0.1, 0.15) is 64.7 Å². The van der Waals surface area contributed by atoms with Gasteiger partial charge in [-0.2, -0.15) is 0 Å². The molecule has 2 rings (SSSR count). The third-order valence-electron chi connectivity index (χ3n) is 5.07. The first-order valence-corrected chi connectivity index (χ1v) is 17.2. The van der Waals surface area contributed by atoms with E-state index in [2.05, 4.69) is 36.4 Å². The van der Waals surface area contributed by atoms with E-state index in [-0.39, 0.29) is 6.42 Å². The van der Waals surface area contributed by atoms with Crippen LogP contribution in [0.15, 0.2) is 54.6 Å². The largest absolute Gasteiger partial charge is 0.488 e. The van der Waals surface area contributed by atoms with Crippen molar-refractivity contribution in [2.24, 2.45) is 0 Å². The van der Waals surface area contributed by atoms with Crippen LogP contribution in [0.5, 0.6) is 5.75 Å². The fourth-order valence-electron chi connectivity index (χ4n) is 3.43. The minimum absolute atomic E-state index is 0.360. The second kappa shape index (κ2) is 14.2. The molecule has 1 amide bonds. The van der Waals surface area contributed by atoms with E-state index >= 15 is 0 Å². The third-order valence-corrected chi connectivity index (χ3v) is 5.95. The lowest BCUT2D eigenvalue weighted by Crippen LogP contribution is -2.45. The van der Waals surface area contributed by atoms with Gasteiger partial charge in [0, 0.05) is 6.08 Å². The quantitative estimate of drug-likeness (QED) is 0.168. The van der Waals surface area contributed by atoms with Crippen molar-refractivity contribution in [1.29, 1.82) is 0 Å². The Morgan fingerprint density at radius 3 is 2.12 bits per heavy atom. The minimum atomic E-state index is -1.72. The number of rotatable bonds is 9. The Bertz CT molecular complexity index is 1300. The van der Waals surface area contributed by atoms with E-state index < -0.39 is 43.2 Å². The van der Waals surface area contributed by atoms with Gasteiger partial charge in [0.15, 0.2) is 0 Å². The lowest BCUT2D eigenvalue weighted by Gasteiger charge is -2.25. The summed E-state index contributed by atoms with van der Waals surface area (Å²) in [7, 11) is -1.72. The molecule has 0 saturated carbocycles. The molecular weight excluding hydrogens is 534 g/mol. The molecule has 220 valence electrons. The van der Waals surface area contributed by atoms with Crippen LogP contribution < -0.4 is 10.1 Å². The van der Waals surface area contributed by atoms with Gasteiger partial charge < -0.3 is 19.5 Å². The molecule has 7 nitrogen and oxygen atoms in total. The maximum Gasteiger partial charge on any atom is 0.329 e. The van der Waals surface area contributed by atoms with E-state index in [1.807, 2.05) is 48.5 Å². The maximum atomic E-state index is 13.0. The highest BCUT2D eigenvalue weighted by Gasteiger charge is 2.30. The zero-order valence-corrected chi connectivity index (χ0v) is 26.7. The van der Waals surface area contributed by atoms with Crippen LogP contribution in [0, 0.1) is 11.5 Å². The fourth-order valence-corrected chi connectivity index (χ4v) is 3.93. The van der Waals surface area contributed by atoms with E-state index in [1.165, 1.54) is 6.08 Å². The number of benzene rings is 2. The zero-order valence-electron chi connectivity index (χ0n) is 25.7. The van der Waals surface area contributed by atoms with Crippen molar-refractivity contribution in [2.45, 2.75) is 91.5 Å². The first-order chi connectivity index (χ1) is 18.9. The molecule has 0 spiro atoms. The molecule has 0 bridgehead atoms. The standard InChI is InChI=1S/C33H43NO6Si/c1-32(2,3)39-30(36)22-27(31(37)40-33(4,5)6)34-29(35)19-18-25-16-13-17-28(26(25)20-21-41(7,8)9)38-23-24-14-11-10-12-15-24/h10-19,27H,22-23H2,1-9H3,(H,34,35)/b19-18+. The highest BCUT2D eigenvalue weighted by molar-refractivity contribution is 6.83. The Balaban J connectivity index is 2.32. The molecule has 0 radical (unpaired) electrons. The third kappa shape index (κ3) is 13.4. The molecule has 0 heterocycles. The van der Waals surface area contributed by atoms with Gasteiger partial charge in [0.1, 0.15) is 37.7 Å². The van der Waals surface area contributed by atoms with Crippen LogP contribution in [-0.4, -0.2) is 43.2 Å². The monoisotopic (exact) mass is 577 g/mol. The first kappa shape index (κ1) is 33.4. The van der Waals surface area contributed by atoms with Gasteiger partial charge in [-0.15, -0.1) is 5.54 Å². The van der Waals surface area contributed by atoms with E-state index in [0.29, 0.717) is 23.5 Å². The number of amides is 1. The molecule has 0 aliphatic heterocycles. The lowest BCUT2D eigenvalue weighted by molar-refractivity contribution is -0.165. The van der Waals surface area contributed by atoms with Gasteiger partial charge in [0.05, 0.1) is 12.0 Å². The summed E-state index contributed by atoms with van der Waals surface area (Å²) < 4.78 is 16.9. The van der Waals surface area contributed by atoms with Gasteiger partial charge in [-0.25, -0.2) is 4.79 Å². The fraction of sp³-hybridized carbons (Fsp3) is 0.424. The van der Waals surface area contributed by atoms with Crippen molar-refractivity contribution in [3.05, 3.63) is 71.3 Å². The predicted octanol–water partition coefficient (Wildman–Crippen LogP) is 6.07. The lowest BCUT2D eigenvalue weighted by atomic mass is 10.1. The molecule has 8 heteroatoms. The Morgan fingerprint density at radius 2 is 1.54 bits per heavy atom. The summed E-state index contributed by atoms with van der Waals surface area (Å²) in [6.45, 7) is 17.2. The van der Waals surface area contributed by atoms with E-state index in [4.69, 9.17) is 14.2 Å². The van der Waals surface area contributed by atoms with Gasteiger partial charge in [-0.05, 0) is 64.8 Å². The van der Waals surface area contributed by atoms with Gasteiger partial charge in [-0.1, -0.05) is 68.0 Å². The summed E-state index contributed by atoms with van der Waals surface area (Å²) >= 11 is 0. The number of hydrogen-bond donors (Lipinski definition) is 1. The van der Waals surface area contributed by atoms with Crippen LogP contribution in [0.25, 0.3) is 6.08 Å². The Labute approximate surface area is 245 Å². The molecular formula is C33H43NO6Si. The number of hydrogen-bond acceptors (Lipinski definition) is 6. The Kier molecular flexibility index (Phi) is 11.5. The molecule has 0 aliphatic carbocycles. The van der Waals surface area contributed by atoms with Crippen molar-refractivity contribution in [3.8, 4) is 17.2 Å². The molecule has 2 aromatic carbocycles. The van der Waals surface area contributed by atoms with Crippen LogP contribution in [0.2, 0.25) is 19.6 Å². The molecule has 0 fully saturated rings. The average molecular weight is 578 g/mol. The number of carbonyl (C=O) groups excluding carboxylic acids is 3. The second-order valence-corrected chi connectivity index (χ2v) is 17.5. The van der Waals surface area contributed by atoms with Crippen molar-refractivity contribution < 1.29 is 28.6 Å². The number of esters is 2. The van der Waals surface area contributed by atoms with Gasteiger partial charge in [0.2, 0.25) is 5.91 Å². The summed E-state index contributed by atoms with van der Waals surface area (Å²) in [5.74, 6) is 1.99. The zero-order chi connectivity index (χ0) is 30.8. The number of nitrogens with one attached hydrogen (secondary N) is 1. The van der Waals surface area contributed by atoms with Crippen molar-refractivity contribution in [1.82, 2.24) is 5.32 Å². The molecule has 1 atom stereocenters. The number of ether oxygens (including phenoxy) is 3. The average Bonchev–Trinajstić information content (AvgIpc) is 2.83. The normalized spacial score (nSPS) is 12.6. The SMILES string of the molecule is CC(C)(C)OC(=O)CC(NC(=O)/C=C/c1cccc(OCc2ccccc2)c1C#C[Si](C)(C)C)C(=O)OC(C)(C)C. The summed E-state index contributed by atoms with van der Waals surface area (Å²) in [6, 6.07) is 14.2. The first-order valence-electron chi connectivity index (χ1n) is 13.7. The highest BCUT2D eigenvalue weighted by atomic mass is 28.3. The molecule has 1 unspecified atom stereocenters. The van der Waals surface area contributed by atoms with Crippen LogP contribution in [0.3, 0.4) is 0 Å². The number of carbonyl (C=O) groups is 3. The highest BCUT2D eigenvalue weighted by Crippen LogP contribution is 2.24. The van der Waals surface area contributed by atoms with E-state index in [9.17, 15) is 14.4 Å². The van der Waals surface area contributed by atoms with E-state index in [0.717, 1.165) is 5.56 Å². The molecule has 0 aromatic heterocycles. The predicted molar refractivity (Wildman–Crippen MR) is 165 cm³/mol. The van der Waals surface area contributed by atoms with Crippen molar-refractivity contribution in [2.75, 3.05) is 0 Å². The molecule has 1 N–H and O–H groups in total. The summed E-state index contributed by atoms with van der Waals surface area (Å²) in [4.78, 5) is 38.3. The Morgan fingerprint density at radius 1 is 0.902 bits per heavy atom. The summed E-state index contributed by atoms with van der Waals surface area (Å²) in [6.07, 6.45) is 2.57. The second-order valence-electron chi connectivity index (χ2n) is 12.7. The molecule has 0 saturated heterocycles. The smallest absolute Gasteiger partial charge is 0.329 e. The van der Waals surface area contributed by atoms with Crippen LogP contribution >= 0.6 is 0 Å². The van der Waals surface area contributed by atoms with Gasteiger partial charge >= 0.3 is 11.9 Å².